The Kier molecular flexibility index (Phi) is 4.09. The summed E-state index contributed by atoms with van der Waals surface area (Å²) in [6.45, 7) is 2.90. The lowest BCUT2D eigenvalue weighted by Crippen LogP contribution is -2.43. The van der Waals surface area contributed by atoms with Crippen LogP contribution in [0.3, 0.4) is 0 Å². The minimum atomic E-state index is -1.91. The van der Waals surface area contributed by atoms with E-state index in [1.165, 1.54) is 6.92 Å². The van der Waals surface area contributed by atoms with Gasteiger partial charge in [0.25, 0.3) is 5.91 Å². The van der Waals surface area contributed by atoms with Gasteiger partial charge in [0.05, 0.1) is 12.3 Å². The number of esters is 1. The minimum absolute atomic E-state index is 0.209. The summed E-state index contributed by atoms with van der Waals surface area (Å²) in [6.07, 6.45) is -0.317. The molecule has 2 rings (SSSR count). The van der Waals surface area contributed by atoms with Crippen LogP contribution in [0.4, 0.5) is 5.69 Å². The smallest absolute Gasteiger partial charge is 0.326 e. The average Bonchev–Trinajstić information content (AvgIpc) is 2.61. The van der Waals surface area contributed by atoms with Gasteiger partial charge in [-0.1, -0.05) is 18.2 Å². The number of para-hydroxylation sites is 1. The quantitative estimate of drug-likeness (QED) is 0.810. The van der Waals surface area contributed by atoms with Gasteiger partial charge in [0.15, 0.2) is 5.60 Å². The van der Waals surface area contributed by atoms with Crippen LogP contribution in [-0.4, -0.2) is 35.9 Å². The Morgan fingerprint density at radius 1 is 1.33 bits per heavy atom. The Bertz CT molecular complexity index is 597. The molecule has 6 nitrogen and oxygen atoms in total. The van der Waals surface area contributed by atoms with E-state index in [0.717, 1.165) is 4.90 Å². The van der Waals surface area contributed by atoms with Crippen molar-refractivity contribution in [1.82, 2.24) is 0 Å². The van der Waals surface area contributed by atoms with Crippen molar-refractivity contribution in [3.8, 4) is 0 Å². The molecule has 0 saturated carbocycles. The van der Waals surface area contributed by atoms with Gasteiger partial charge in [-0.3, -0.25) is 19.3 Å². The standard InChI is InChI=1S/C15H17NO5/c1-3-21-13(18)9-16-12-7-5-4-6-11(12)15(20,14(16)19)8-10(2)17/h4-7,20H,3,8-9H2,1-2H3/t15-/m0/s1. The van der Waals surface area contributed by atoms with Gasteiger partial charge in [-0.05, 0) is 19.9 Å². The number of ether oxygens (including phenoxy) is 1. The highest BCUT2D eigenvalue weighted by Gasteiger charge is 2.50. The van der Waals surface area contributed by atoms with E-state index in [2.05, 4.69) is 0 Å². The third kappa shape index (κ3) is 2.67. The molecule has 1 aromatic rings. The van der Waals surface area contributed by atoms with E-state index in [9.17, 15) is 19.5 Å². The van der Waals surface area contributed by atoms with E-state index in [4.69, 9.17) is 4.74 Å². The highest BCUT2D eigenvalue weighted by atomic mass is 16.5. The lowest BCUT2D eigenvalue weighted by Gasteiger charge is -2.21. The number of anilines is 1. The lowest BCUT2D eigenvalue weighted by molar-refractivity contribution is -0.145. The summed E-state index contributed by atoms with van der Waals surface area (Å²) < 4.78 is 4.84. The molecule has 0 spiro atoms. The molecule has 0 radical (unpaired) electrons. The van der Waals surface area contributed by atoms with Gasteiger partial charge < -0.3 is 9.84 Å². The second-order valence-corrected chi connectivity index (χ2v) is 4.95. The predicted octanol–water partition coefficient (Wildman–Crippen LogP) is 0.763. The molecule has 21 heavy (non-hydrogen) atoms. The van der Waals surface area contributed by atoms with Crippen LogP contribution in [0.2, 0.25) is 0 Å². The van der Waals surface area contributed by atoms with Gasteiger partial charge in [-0.25, -0.2) is 0 Å². The van der Waals surface area contributed by atoms with Gasteiger partial charge in [0.1, 0.15) is 12.3 Å². The maximum absolute atomic E-state index is 12.5. The topological polar surface area (TPSA) is 83.9 Å². The summed E-state index contributed by atoms with van der Waals surface area (Å²) in [5.41, 5.74) is -1.14. The number of hydrogen-bond acceptors (Lipinski definition) is 5. The second-order valence-electron chi connectivity index (χ2n) is 4.95. The van der Waals surface area contributed by atoms with Gasteiger partial charge in [0.2, 0.25) is 0 Å². The molecular weight excluding hydrogens is 274 g/mol. The Morgan fingerprint density at radius 2 is 2.00 bits per heavy atom. The number of rotatable bonds is 5. The molecule has 0 unspecified atom stereocenters. The first-order valence-electron chi connectivity index (χ1n) is 6.69. The third-order valence-corrected chi connectivity index (χ3v) is 3.34. The van der Waals surface area contributed by atoms with Crippen molar-refractivity contribution in [1.29, 1.82) is 0 Å². The first kappa shape index (κ1) is 15.2. The maximum Gasteiger partial charge on any atom is 0.326 e. The van der Waals surface area contributed by atoms with Crippen molar-refractivity contribution >= 4 is 23.3 Å². The third-order valence-electron chi connectivity index (χ3n) is 3.34. The maximum atomic E-state index is 12.5. The molecule has 1 N–H and O–H groups in total. The van der Waals surface area contributed by atoms with Crippen molar-refractivity contribution in [3.63, 3.8) is 0 Å². The average molecular weight is 291 g/mol. The first-order chi connectivity index (χ1) is 9.90. The molecule has 1 aliphatic rings. The van der Waals surface area contributed by atoms with Crippen LogP contribution in [0.5, 0.6) is 0 Å². The van der Waals surface area contributed by atoms with Crippen molar-refractivity contribution in [2.75, 3.05) is 18.1 Å². The van der Waals surface area contributed by atoms with Crippen LogP contribution in [-0.2, 0) is 24.7 Å². The summed E-state index contributed by atoms with van der Waals surface area (Å²) in [6, 6.07) is 6.58. The summed E-state index contributed by atoms with van der Waals surface area (Å²) in [4.78, 5) is 36.6. The highest BCUT2D eigenvalue weighted by molar-refractivity contribution is 6.10. The summed E-state index contributed by atoms with van der Waals surface area (Å²) in [5, 5.41) is 10.6. The molecule has 6 heteroatoms. The number of hydrogen-bond donors (Lipinski definition) is 1. The Balaban J connectivity index is 2.39. The van der Waals surface area contributed by atoms with Crippen LogP contribution in [0.1, 0.15) is 25.8 Å². The van der Waals surface area contributed by atoms with Crippen molar-refractivity contribution in [3.05, 3.63) is 29.8 Å². The fraction of sp³-hybridized carbons (Fsp3) is 0.400. The number of nitrogens with zero attached hydrogens (tertiary/aromatic N) is 1. The monoisotopic (exact) mass is 291 g/mol. The minimum Gasteiger partial charge on any atom is -0.465 e. The predicted molar refractivity (Wildman–Crippen MR) is 74.6 cm³/mol. The number of carbonyl (C=O) groups is 3. The molecule has 0 aliphatic carbocycles. The van der Waals surface area contributed by atoms with Crippen molar-refractivity contribution in [2.24, 2.45) is 0 Å². The number of carbonyl (C=O) groups excluding carboxylic acids is 3. The van der Waals surface area contributed by atoms with E-state index in [0.29, 0.717) is 11.3 Å². The Morgan fingerprint density at radius 3 is 2.62 bits per heavy atom. The molecular formula is C15H17NO5. The molecule has 0 saturated heterocycles. The first-order valence-corrected chi connectivity index (χ1v) is 6.69. The van der Waals surface area contributed by atoms with E-state index < -0.39 is 17.5 Å². The molecule has 0 bridgehead atoms. The molecule has 112 valence electrons. The Labute approximate surface area is 122 Å². The fourth-order valence-corrected chi connectivity index (χ4v) is 2.53. The SMILES string of the molecule is CCOC(=O)CN1C(=O)[C@](O)(CC(C)=O)c2ccccc21. The molecule has 1 amide bonds. The number of Topliss-reactive ketones (excluding diaryl/α,β-unsaturated/α-hetero) is 1. The van der Waals surface area contributed by atoms with E-state index in [1.54, 1.807) is 31.2 Å². The van der Waals surface area contributed by atoms with E-state index in [-0.39, 0.29) is 25.4 Å². The molecule has 0 fully saturated rings. The second kappa shape index (κ2) is 5.65. The van der Waals surface area contributed by atoms with E-state index >= 15 is 0 Å². The van der Waals surface area contributed by atoms with Crippen molar-refractivity contribution < 1.29 is 24.2 Å². The molecule has 1 aliphatic heterocycles. The molecule has 0 aromatic heterocycles. The van der Waals surface area contributed by atoms with Gasteiger partial charge in [0, 0.05) is 12.0 Å². The van der Waals surface area contributed by atoms with Crippen LogP contribution >= 0.6 is 0 Å². The summed E-state index contributed by atoms with van der Waals surface area (Å²) in [7, 11) is 0. The van der Waals surface area contributed by atoms with Gasteiger partial charge >= 0.3 is 5.97 Å². The molecule has 1 heterocycles. The summed E-state index contributed by atoms with van der Waals surface area (Å²) in [5.74, 6) is -1.54. The van der Waals surface area contributed by atoms with Gasteiger partial charge in [-0.2, -0.15) is 0 Å². The number of aliphatic hydroxyl groups is 1. The zero-order chi connectivity index (χ0) is 15.6. The van der Waals surface area contributed by atoms with Gasteiger partial charge in [-0.15, -0.1) is 0 Å². The van der Waals surface area contributed by atoms with Crippen LogP contribution in [0, 0.1) is 0 Å². The number of fused-ring (bicyclic) bond motifs is 1. The normalized spacial score (nSPS) is 20.3. The number of amides is 1. The Hall–Kier alpha value is -2.21. The number of benzene rings is 1. The van der Waals surface area contributed by atoms with Crippen LogP contribution < -0.4 is 4.90 Å². The fourth-order valence-electron chi connectivity index (χ4n) is 2.53. The zero-order valence-corrected chi connectivity index (χ0v) is 12.0. The van der Waals surface area contributed by atoms with Crippen LogP contribution in [0.15, 0.2) is 24.3 Å². The van der Waals surface area contributed by atoms with E-state index in [1.807, 2.05) is 0 Å². The lowest BCUT2D eigenvalue weighted by atomic mass is 9.90. The molecule has 1 aromatic carbocycles. The highest BCUT2D eigenvalue weighted by Crippen LogP contribution is 2.42. The van der Waals surface area contributed by atoms with Crippen LogP contribution in [0.25, 0.3) is 0 Å². The zero-order valence-electron chi connectivity index (χ0n) is 12.0. The summed E-state index contributed by atoms with van der Waals surface area (Å²) >= 11 is 0. The molecule has 1 atom stereocenters. The van der Waals surface area contributed by atoms with Crippen molar-refractivity contribution in [2.45, 2.75) is 25.9 Å². The largest absolute Gasteiger partial charge is 0.465 e. The number of ketones is 1.